The number of rotatable bonds is 4. The summed E-state index contributed by atoms with van der Waals surface area (Å²) in [7, 11) is 0. The van der Waals surface area contributed by atoms with Crippen molar-refractivity contribution in [1.82, 2.24) is 0 Å². The van der Waals surface area contributed by atoms with Crippen molar-refractivity contribution in [3.8, 4) is 16.9 Å². The number of aryl methyl sites for hydroxylation is 1. The third-order valence-corrected chi connectivity index (χ3v) is 3.91. The molecule has 1 aliphatic carbocycles. The van der Waals surface area contributed by atoms with Crippen LogP contribution in [0.25, 0.3) is 11.1 Å². The van der Waals surface area contributed by atoms with E-state index in [1.165, 1.54) is 11.1 Å². The molecule has 1 aliphatic rings. The van der Waals surface area contributed by atoms with Gasteiger partial charge in [-0.1, -0.05) is 30.3 Å². The SMILES string of the molecule is O=COCC1CCc2cc(-c3ccc(O)cc3)ccc21. The van der Waals surface area contributed by atoms with Crippen molar-refractivity contribution in [2.45, 2.75) is 18.8 Å². The largest absolute Gasteiger partial charge is 0.508 e. The second-order valence-corrected chi connectivity index (χ2v) is 5.13. The Balaban J connectivity index is 1.87. The van der Waals surface area contributed by atoms with Gasteiger partial charge in [0.25, 0.3) is 6.47 Å². The van der Waals surface area contributed by atoms with Crippen LogP contribution in [0.2, 0.25) is 0 Å². The van der Waals surface area contributed by atoms with Crippen molar-refractivity contribution in [1.29, 1.82) is 0 Å². The van der Waals surface area contributed by atoms with Crippen LogP contribution in [0.15, 0.2) is 42.5 Å². The maximum atomic E-state index is 10.3. The summed E-state index contributed by atoms with van der Waals surface area (Å²) in [5.74, 6) is 0.602. The molecule has 0 bridgehead atoms. The molecule has 2 aromatic rings. The molecule has 0 spiro atoms. The Hall–Kier alpha value is -2.29. The van der Waals surface area contributed by atoms with E-state index in [1.54, 1.807) is 12.1 Å². The Labute approximate surface area is 117 Å². The molecule has 0 radical (unpaired) electrons. The molecule has 0 amide bonds. The van der Waals surface area contributed by atoms with Crippen molar-refractivity contribution in [3.63, 3.8) is 0 Å². The average Bonchev–Trinajstić information content (AvgIpc) is 2.88. The molecular formula is C17H16O3. The van der Waals surface area contributed by atoms with Crippen molar-refractivity contribution in [3.05, 3.63) is 53.6 Å². The molecule has 0 heterocycles. The zero-order valence-electron chi connectivity index (χ0n) is 11.1. The van der Waals surface area contributed by atoms with Gasteiger partial charge >= 0.3 is 0 Å². The van der Waals surface area contributed by atoms with Crippen LogP contribution in [0, 0.1) is 0 Å². The molecule has 0 aromatic heterocycles. The van der Waals surface area contributed by atoms with E-state index in [-0.39, 0.29) is 5.75 Å². The van der Waals surface area contributed by atoms with E-state index < -0.39 is 0 Å². The fourth-order valence-corrected chi connectivity index (χ4v) is 2.87. The van der Waals surface area contributed by atoms with Crippen LogP contribution < -0.4 is 0 Å². The predicted octanol–water partition coefficient (Wildman–Crippen LogP) is 3.26. The molecule has 0 saturated carbocycles. The zero-order valence-corrected chi connectivity index (χ0v) is 11.1. The van der Waals surface area contributed by atoms with E-state index in [4.69, 9.17) is 4.74 Å². The van der Waals surface area contributed by atoms with E-state index >= 15 is 0 Å². The number of hydrogen-bond acceptors (Lipinski definition) is 3. The summed E-state index contributed by atoms with van der Waals surface area (Å²) >= 11 is 0. The van der Waals surface area contributed by atoms with E-state index in [2.05, 4.69) is 18.2 Å². The topological polar surface area (TPSA) is 46.5 Å². The number of carbonyl (C=O) groups excluding carboxylic acids is 1. The third kappa shape index (κ3) is 2.39. The van der Waals surface area contributed by atoms with E-state index in [1.807, 2.05) is 12.1 Å². The minimum Gasteiger partial charge on any atom is -0.508 e. The van der Waals surface area contributed by atoms with E-state index in [0.717, 1.165) is 24.0 Å². The van der Waals surface area contributed by atoms with Gasteiger partial charge in [-0.05, 0) is 47.2 Å². The molecule has 3 nitrogen and oxygen atoms in total. The normalized spacial score (nSPS) is 16.7. The van der Waals surface area contributed by atoms with Gasteiger partial charge in [-0.2, -0.15) is 0 Å². The summed E-state index contributed by atoms with van der Waals surface area (Å²) in [6.45, 7) is 0.984. The zero-order chi connectivity index (χ0) is 13.9. The highest BCUT2D eigenvalue weighted by molar-refractivity contribution is 5.66. The molecule has 0 saturated heterocycles. The minimum absolute atomic E-state index is 0.279. The minimum atomic E-state index is 0.279. The molecule has 1 atom stereocenters. The lowest BCUT2D eigenvalue weighted by Crippen LogP contribution is -2.03. The van der Waals surface area contributed by atoms with Gasteiger partial charge in [0, 0.05) is 5.92 Å². The fraction of sp³-hybridized carbons (Fsp3) is 0.235. The van der Waals surface area contributed by atoms with Crippen molar-refractivity contribution >= 4 is 6.47 Å². The van der Waals surface area contributed by atoms with Gasteiger partial charge in [0.2, 0.25) is 0 Å². The van der Waals surface area contributed by atoms with Crippen molar-refractivity contribution in [2.75, 3.05) is 6.61 Å². The van der Waals surface area contributed by atoms with Gasteiger partial charge in [-0.3, -0.25) is 4.79 Å². The lowest BCUT2D eigenvalue weighted by Gasteiger charge is -2.11. The summed E-state index contributed by atoms with van der Waals surface area (Å²) in [6, 6.07) is 13.6. The number of aromatic hydroxyl groups is 1. The highest BCUT2D eigenvalue weighted by Crippen LogP contribution is 2.36. The highest BCUT2D eigenvalue weighted by Gasteiger charge is 2.23. The number of fused-ring (bicyclic) bond motifs is 1. The summed E-state index contributed by atoms with van der Waals surface area (Å²) < 4.78 is 4.89. The van der Waals surface area contributed by atoms with E-state index in [0.29, 0.717) is 19.0 Å². The first-order valence-electron chi connectivity index (χ1n) is 6.75. The molecule has 2 aromatic carbocycles. The van der Waals surface area contributed by atoms with Crippen LogP contribution in [-0.4, -0.2) is 18.2 Å². The first kappa shape index (κ1) is 12.7. The quantitative estimate of drug-likeness (QED) is 0.866. The molecule has 3 heteroatoms. The van der Waals surface area contributed by atoms with Crippen molar-refractivity contribution < 1.29 is 14.6 Å². The van der Waals surface area contributed by atoms with Crippen LogP contribution in [0.1, 0.15) is 23.5 Å². The first-order chi connectivity index (χ1) is 9.78. The number of phenolic OH excluding ortho intramolecular Hbond substituents is 1. The molecule has 3 rings (SSSR count). The Morgan fingerprint density at radius 2 is 1.90 bits per heavy atom. The molecule has 102 valence electrons. The van der Waals surface area contributed by atoms with Gasteiger partial charge in [-0.15, -0.1) is 0 Å². The van der Waals surface area contributed by atoms with Crippen LogP contribution in [0.3, 0.4) is 0 Å². The number of hydrogen-bond donors (Lipinski definition) is 1. The lowest BCUT2D eigenvalue weighted by atomic mass is 9.97. The van der Waals surface area contributed by atoms with Crippen LogP contribution in [0.4, 0.5) is 0 Å². The molecule has 0 aliphatic heterocycles. The summed E-state index contributed by atoms with van der Waals surface area (Å²) in [6.07, 6.45) is 2.05. The summed E-state index contributed by atoms with van der Waals surface area (Å²) in [5.41, 5.74) is 4.86. The second kappa shape index (κ2) is 5.37. The summed E-state index contributed by atoms with van der Waals surface area (Å²) in [5, 5.41) is 9.33. The van der Waals surface area contributed by atoms with Crippen molar-refractivity contribution in [2.24, 2.45) is 0 Å². The Kier molecular flexibility index (Phi) is 3.42. The van der Waals surface area contributed by atoms with Gasteiger partial charge in [0.15, 0.2) is 0 Å². The van der Waals surface area contributed by atoms with Crippen LogP contribution in [-0.2, 0) is 16.0 Å². The average molecular weight is 268 g/mol. The molecule has 1 unspecified atom stereocenters. The van der Waals surface area contributed by atoms with Gasteiger partial charge in [-0.25, -0.2) is 0 Å². The number of carbonyl (C=O) groups is 1. The van der Waals surface area contributed by atoms with Gasteiger partial charge in [0.1, 0.15) is 5.75 Å². The molecule has 20 heavy (non-hydrogen) atoms. The number of benzene rings is 2. The highest BCUT2D eigenvalue weighted by atomic mass is 16.5. The molecular weight excluding hydrogens is 252 g/mol. The van der Waals surface area contributed by atoms with Gasteiger partial charge in [0.05, 0.1) is 6.61 Å². The first-order valence-corrected chi connectivity index (χ1v) is 6.75. The Bertz CT molecular complexity index is 617. The third-order valence-electron chi connectivity index (χ3n) is 3.91. The maximum absolute atomic E-state index is 10.3. The molecule has 1 N–H and O–H groups in total. The second-order valence-electron chi connectivity index (χ2n) is 5.13. The van der Waals surface area contributed by atoms with E-state index in [9.17, 15) is 9.90 Å². The maximum Gasteiger partial charge on any atom is 0.293 e. The predicted molar refractivity (Wildman–Crippen MR) is 76.6 cm³/mol. The van der Waals surface area contributed by atoms with Crippen LogP contribution in [0.5, 0.6) is 5.75 Å². The fourth-order valence-electron chi connectivity index (χ4n) is 2.87. The van der Waals surface area contributed by atoms with Crippen LogP contribution >= 0.6 is 0 Å². The Morgan fingerprint density at radius 3 is 2.65 bits per heavy atom. The number of ether oxygens (including phenoxy) is 1. The molecule has 0 fully saturated rings. The number of phenols is 1. The Morgan fingerprint density at radius 1 is 1.15 bits per heavy atom. The van der Waals surface area contributed by atoms with Gasteiger partial charge < -0.3 is 9.84 Å². The smallest absolute Gasteiger partial charge is 0.293 e. The summed E-state index contributed by atoms with van der Waals surface area (Å²) in [4.78, 5) is 10.3. The standard InChI is InChI=1S/C17H16O3/c18-11-20-10-15-2-1-14-9-13(5-8-17(14)15)12-3-6-16(19)7-4-12/h3-9,11,15,19H,1-2,10H2. The monoisotopic (exact) mass is 268 g/mol. The lowest BCUT2D eigenvalue weighted by molar-refractivity contribution is -0.129.